The standard InChI is InChI=1S/C12H15N3O4/c13-8(6-11(14)16)12(17)15-7-1-2-9-10(5-7)19-4-3-18-9/h1-2,5,8H,3-4,6,13H2,(H2,14,16)(H,15,17)/t8-/m0/s1. The van der Waals surface area contributed by atoms with E-state index in [-0.39, 0.29) is 6.42 Å². The van der Waals surface area contributed by atoms with E-state index in [9.17, 15) is 9.59 Å². The molecule has 0 saturated heterocycles. The Labute approximate surface area is 109 Å². The summed E-state index contributed by atoms with van der Waals surface area (Å²) >= 11 is 0. The van der Waals surface area contributed by atoms with Crippen molar-refractivity contribution < 1.29 is 19.1 Å². The van der Waals surface area contributed by atoms with Crippen molar-refractivity contribution >= 4 is 17.5 Å². The lowest BCUT2D eigenvalue weighted by molar-refractivity contribution is -0.123. The highest BCUT2D eigenvalue weighted by Crippen LogP contribution is 2.32. The third-order valence-electron chi connectivity index (χ3n) is 2.57. The quantitative estimate of drug-likeness (QED) is 0.684. The fourth-order valence-corrected chi connectivity index (χ4v) is 1.67. The molecule has 1 aromatic carbocycles. The molecule has 2 rings (SSSR count). The normalized spacial score (nSPS) is 14.6. The Hall–Kier alpha value is -2.28. The molecule has 0 saturated carbocycles. The predicted octanol–water partition coefficient (Wildman–Crippen LogP) is -0.401. The van der Waals surface area contributed by atoms with Gasteiger partial charge in [0.15, 0.2) is 11.5 Å². The highest BCUT2D eigenvalue weighted by Gasteiger charge is 2.17. The molecule has 0 bridgehead atoms. The molecule has 7 nitrogen and oxygen atoms in total. The number of ether oxygens (including phenoxy) is 2. The maximum atomic E-state index is 11.7. The number of carbonyl (C=O) groups is 2. The number of nitrogens with two attached hydrogens (primary N) is 2. The van der Waals surface area contributed by atoms with E-state index in [0.29, 0.717) is 30.4 Å². The SMILES string of the molecule is NC(=O)C[C@H](N)C(=O)Nc1ccc2c(c1)OCCO2. The molecule has 19 heavy (non-hydrogen) atoms. The van der Waals surface area contributed by atoms with E-state index < -0.39 is 17.9 Å². The number of carbonyl (C=O) groups excluding carboxylic acids is 2. The van der Waals surface area contributed by atoms with E-state index in [0.717, 1.165) is 0 Å². The number of nitrogens with one attached hydrogen (secondary N) is 1. The van der Waals surface area contributed by atoms with Crippen molar-refractivity contribution in [2.75, 3.05) is 18.5 Å². The van der Waals surface area contributed by atoms with Crippen molar-refractivity contribution in [3.8, 4) is 11.5 Å². The van der Waals surface area contributed by atoms with Crippen molar-refractivity contribution in [2.24, 2.45) is 11.5 Å². The third kappa shape index (κ3) is 3.35. The van der Waals surface area contributed by atoms with Gasteiger partial charge < -0.3 is 26.3 Å². The summed E-state index contributed by atoms with van der Waals surface area (Å²) < 4.78 is 10.7. The van der Waals surface area contributed by atoms with Crippen LogP contribution in [0.1, 0.15) is 6.42 Å². The van der Waals surface area contributed by atoms with E-state index >= 15 is 0 Å². The zero-order valence-electron chi connectivity index (χ0n) is 10.2. The first-order valence-corrected chi connectivity index (χ1v) is 5.80. The Morgan fingerprint density at radius 2 is 1.95 bits per heavy atom. The molecule has 1 atom stereocenters. The number of hydrogen-bond acceptors (Lipinski definition) is 5. The first-order valence-electron chi connectivity index (χ1n) is 5.80. The lowest BCUT2D eigenvalue weighted by Gasteiger charge is -2.19. The van der Waals surface area contributed by atoms with Crippen LogP contribution in [0.15, 0.2) is 18.2 Å². The molecule has 2 amide bonds. The largest absolute Gasteiger partial charge is 0.486 e. The average Bonchev–Trinajstić information content (AvgIpc) is 2.37. The smallest absolute Gasteiger partial charge is 0.241 e. The Bertz CT molecular complexity index is 504. The van der Waals surface area contributed by atoms with E-state index in [2.05, 4.69) is 5.32 Å². The van der Waals surface area contributed by atoms with Crippen LogP contribution in [0.5, 0.6) is 11.5 Å². The molecule has 0 spiro atoms. The second kappa shape index (κ2) is 5.57. The van der Waals surface area contributed by atoms with Crippen LogP contribution in [0.2, 0.25) is 0 Å². The number of amides is 2. The van der Waals surface area contributed by atoms with Crippen molar-refractivity contribution in [2.45, 2.75) is 12.5 Å². The second-order valence-electron chi connectivity index (χ2n) is 4.12. The molecule has 1 aliphatic rings. The number of benzene rings is 1. The Balaban J connectivity index is 2.03. The lowest BCUT2D eigenvalue weighted by Crippen LogP contribution is -2.39. The first kappa shape index (κ1) is 13.2. The van der Waals surface area contributed by atoms with Crippen LogP contribution in [-0.4, -0.2) is 31.1 Å². The molecule has 102 valence electrons. The van der Waals surface area contributed by atoms with E-state index in [4.69, 9.17) is 20.9 Å². The van der Waals surface area contributed by atoms with Gasteiger partial charge in [-0.05, 0) is 12.1 Å². The van der Waals surface area contributed by atoms with Gasteiger partial charge in [-0.15, -0.1) is 0 Å². The average molecular weight is 265 g/mol. The van der Waals surface area contributed by atoms with Gasteiger partial charge in [-0.3, -0.25) is 9.59 Å². The number of anilines is 1. The summed E-state index contributed by atoms with van der Waals surface area (Å²) in [5.74, 6) is 0.0958. The second-order valence-corrected chi connectivity index (χ2v) is 4.12. The van der Waals surface area contributed by atoms with Gasteiger partial charge in [-0.1, -0.05) is 0 Å². The van der Waals surface area contributed by atoms with Crippen molar-refractivity contribution in [1.29, 1.82) is 0 Å². The van der Waals surface area contributed by atoms with E-state index in [1.807, 2.05) is 0 Å². The zero-order valence-corrected chi connectivity index (χ0v) is 10.2. The van der Waals surface area contributed by atoms with Crippen LogP contribution in [0.3, 0.4) is 0 Å². The van der Waals surface area contributed by atoms with Crippen molar-refractivity contribution in [3.05, 3.63) is 18.2 Å². The number of hydrogen-bond donors (Lipinski definition) is 3. The van der Waals surface area contributed by atoms with Gasteiger partial charge in [0.1, 0.15) is 13.2 Å². The van der Waals surface area contributed by atoms with Crippen LogP contribution in [0, 0.1) is 0 Å². The summed E-state index contributed by atoms with van der Waals surface area (Å²) in [5, 5.41) is 2.59. The van der Waals surface area contributed by atoms with Gasteiger partial charge in [0.25, 0.3) is 0 Å². The molecule has 5 N–H and O–H groups in total. The van der Waals surface area contributed by atoms with Crippen LogP contribution < -0.4 is 26.3 Å². The Morgan fingerprint density at radius 1 is 1.26 bits per heavy atom. The molecular formula is C12H15N3O4. The fourth-order valence-electron chi connectivity index (χ4n) is 1.67. The molecule has 7 heteroatoms. The highest BCUT2D eigenvalue weighted by atomic mass is 16.6. The van der Waals surface area contributed by atoms with Gasteiger partial charge in [0.2, 0.25) is 11.8 Å². The predicted molar refractivity (Wildman–Crippen MR) is 67.8 cm³/mol. The number of fused-ring (bicyclic) bond motifs is 1. The van der Waals surface area contributed by atoms with Crippen molar-refractivity contribution in [3.63, 3.8) is 0 Å². The van der Waals surface area contributed by atoms with Gasteiger partial charge >= 0.3 is 0 Å². The summed E-state index contributed by atoms with van der Waals surface area (Å²) in [6.45, 7) is 0.966. The van der Waals surface area contributed by atoms with Gasteiger partial charge in [0, 0.05) is 11.8 Å². The molecule has 0 aliphatic carbocycles. The minimum atomic E-state index is -0.967. The van der Waals surface area contributed by atoms with Gasteiger partial charge in [-0.25, -0.2) is 0 Å². The van der Waals surface area contributed by atoms with Crippen LogP contribution in [-0.2, 0) is 9.59 Å². The summed E-state index contributed by atoms with van der Waals surface area (Å²) in [6, 6.07) is 4.04. The number of rotatable bonds is 4. The zero-order chi connectivity index (χ0) is 13.8. The maximum Gasteiger partial charge on any atom is 0.241 e. The molecule has 1 heterocycles. The van der Waals surface area contributed by atoms with E-state index in [1.165, 1.54) is 0 Å². The Morgan fingerprint density at radius 3 is 2.63 bits per heavy atom. The number of primary amides is 1. The molecule has 0 aromatic heterocycles. The molecule has 0 radical (unpaired) electrons. The lowest BCUT2D eigenvalue weighted by atomic mass is 10.2. The summed E-state index contributed by atoms with van der Waals surface area (Å²) in [7, 11) is 0. The molecule has 0 fully saturated rings. The van der Waals surface area contributed by atoms with Crippen LogP contribution in [0.4, 0.5) is 5.69 Å². The fraction of sp³-hybridized carbons (Fsp3) is 0.333. The van der Waals surface area contributed by atoms with E-state index in [1.54, 1.807) is 18.2 Å². The minimum absolute atomic E-state index is 0.198. The van der Waals surface area contributed by atoms with Crippen LogP contribution >= 0.6 is 0 Å². The maximum absolute atomic E-state index is 11.7. The molecule has 1 aliphatic heterocycles. The van der Waals surface area contributed by atoms with Crippen molar-refractivity contribution in [1.82, 2.24) is 0 Å². The molecule has 0 unspecified atom stereocenters. The van der Waals surface area contributed by atoms with Gasteiger partial charge in [-0.2, -0.15) is 0 Å². The summed E-state index contributed by atoms with van der Waals surface area (Å²) in [6.07, 6.45) is -0.198. The first-order chi connectivity index (χ1) is 9.06. The monoisotopic (exact) mass is 265 g/mol. The summed E-state index contributed by atoms with van der Waals surface area (Å²) in [4.78, 5) is 22.4. The third-order valence-corrected chi connectivity index (χ3v) is 2.57. The van der Waals surface area contributed by atoms with Gasteiger partial charge in [0.05, 0.1) is 12.5 Å². The topological polar surface area (TPSA) is 117 Å². The minimum Gasteiger partial charge on any atom is -0.486 e. The summed E-state index contributed by atoms with van der Waals surface area (Å²) in [5.41, 5.74) is 11.0. The molecular weight excluding hydrogens is 250 g/mol. The Kier molecular flexibility index (Phi) is 3.86. The molecule has 1 aromatic rings. The van der Waals surface area contributed by atoms with Crippen LogP contribution in [0.25, 0.3) is 0 Å². The highest BCUT2D eigenvalue weighted by molar-refractivity contribution is 5.97.